The Balaban J connectivity index is 1.69. The Morgan fingerprint density at radius 3 is 2.62 bits per heavy atom. The minimum atomic E-state index is -3.60. The van der Waals surface area contributed by atoms with Gasteiger partial charge in [-0.1, -0.05) is 11.6 Å². The molecule has 2 aromatic heterocycles. The molecular formula is C19H27N3O3S. The minimum absolute atomic E-state index is 0.146. The van der Waals surface area contributed by atoms with Crippen LogP contribution in [0.5, 0.6) is 0 Å². The number of hydrogen-bond donors (Lipinski definition) is 0. The van der Waals surface area contributed by atoms with Crippen molar-refractivity contribution in [1.29, 1.82) is 0 Å². The van der Waals surface area contributed by atoms with Gasteiger partial charge < -0.3 is 9.09 Å². The van der Waals surface area contributed by atoms with Crippen LogP contribution in [0.2, 0.25) is 0 Å². The van der Waals surface area contributed by atoms with Crippen molar-refractivity contribution in [3.05, 3.63) is 28.9 Å². The second kappa shape index (κ2) is 6.22. The van der Waals surface area contributed by atoms with E-state index in [1.807, 2.05) is 18.4 Å². The highest BCUT2D eigenvalue weighted by molar-refractivity contribution is 7.90. The molecule has 6 nitrogen and oxygen atoms in total. The molecule has 2 aromatic rings. The Kier molecular flexibility index (Phi) is 4.25. The highest BCUT2D eigenvalue weighted by Crippen LogP contribution is 2.52. The quantitative estimate of drug-likeness (QED) is 0.792. The number of aryl methyl sites for hydroxylation is 2. The SMILES string of the molecule is Cc1cc(CS(=O)(=O)c2nc(C)c(C)n2[C@@H](C)[C@@H]2C[C@H]3CC[C@H]2C3)on1. The van der Waals surface area contributed by atoms with Gasteiger partial charge in [-0.05, 0) is 64.7 Å². The van der Waals surface area contributed by atoms with Gasteiger partial charge in [-0.2, -0.15) is 0 Å². The summed E-state index contributed by atoms with van der Waals surface area (Å²) in [4.78, 5) is 4.45. The van der Waals surface area contributed by atoms with E-state index in [0.29, 0.717) is 17.4 Å². The number of rotatable bonds is 5. The van der Waals surface area contributed by atoms with Crippen LogP contribution in [0.4, 0.5) is 0 Å². The van der Waals surface area contributed by atoms with Gasteiger partial charge in [0.25, 0.3) is 0 Å². The van der Waals surface area contributed by atoms with E-state index in [9.17, 15) is 8.42 Å². The van der Waals surface area contributed by atoms with Gasteiger partial charge >= 0.3 is 0 Å². The van der Waals surface area contributed by atoms with E-state index in [0.717, 1.165) is 23.2 Å². The molecule has 2 bridgehead atoms. The summed E-state index contributed by atoms with van der Waals surface area (Å²) in [5.41, 5.74) is 2.42. The largest absolute Gasteiger partial charge is 0.360 e. The zero-order valence-electron chi connectivity index (χ0n) is 15.9. The lowest BCUT2D eigenvalue weighted by atomic mass is 9.84. The third-order valence-corrected chi connectivity index (χ3v) is 7.97. The molecule has 2 aliphatic rings. The fraction of sp³-hybridized carbons (Fsp3) is 0.684. The number of aromatic nitrogens is 3. The molecule has 0 amide bonds. The van der Waals surface area contributed by atoms with Crippen LogP contribution >= 0.6 is 0 Å². The van der Waals surface area contributed by atoms with Crippen molar-refractivity contribution in [3.63, 3.8) is 0 Å². The number of fused-ring (bicyclic) bond motifs is 2. The first-order valence-corrected chi connectivity index (χ1v) is 11.1. The molecule has 0 aliphatic heterocycles. The van der Waals surface area contributed by atoms with E-state index in [1.165, 1.54) is 25.7 Å². The van der Waals surface area contributed by atoms with Gasteiger partial charge in [0.1, 0.15) is 5.75 Å². The van der Waals surface area contributed by atoms with E-state index in [2.05, 4.69) is 17.1 Å². The predicted molar refractivity (Wildman–Crippen MR) is 97.5 cm³/mol. The Morgan fingerprint density at radius 2 is 2.04 bits per heavy atom. The zero-order chi connectivity index (χ0) is 18.6. The molecule has 2 saturated carbocycles. The second-order valence-electron chi connectivity index (χ2n) is 8.21. The lowest BCUT2D eigenvalue weighted by Crippen LogP contribution is -2.25. The molecule has 7 heteroatoms. The maximum absolute atomic E-state index is 13.1. The summed E-state index contributed by atoms with van der Waals surface area (Å²) in [6.45, 7) is 7.81. The maximum atomic E-state index is 13.1. The summed E-state index contributed by atoms with van der Waals surface area (Å²) in [5.74, 6) is 2.26. The monoisotopic (exact) mass is 377 g/mol. The van der Waals surface area contributed by atoms with Crippen molar-refractivity contribution in [2.75, 3.05) is 0 Å². The molecule has 2 fully saturated rings. The first kappa shape index (κ1) is 17.8. The number of nitrogens with zero attached hydrogens (tertiary/aromatic N) is 3. The molecular weight excluding hydrogens is 350 g/mol. The van der Waals surface area contributed by atoms with Crippen molar-refractivity contribution >= 4 is 9.84 Å². The lowest BCUT2D eigenvalue weighted by molar-refractivity contribution is 0.231. The molecule has 0 unspecified atom stereocenters. The van der Waals surface area contributed by atoms with Gasteiger partial charge in [0.2, 0.25) is 15.0 Å². The molecule has 0 aromatic carbocycles. The molecule has 4 atom stereocenters. The fourth-order valence-corrected chi connectivity index (χ4v) is 6.63. The normalized spacial score (nSPS) is 26.5. The third kappa shape index (κ3) is 2.90. The number of hydrogen-bond acceptors (Lipinski definition) is 5. The summed E-state index contributed by atoms with van der Waals surface area (Å²) >= 11 is 0. The summed E-state index contributed by atoms with van der Waals surface area (Å²) in [7, 11) is -3.60. The summed E-state index contributed by atoms with van der Waals surface area (Å²) < 4.78 is 33.3. The smallest absolute Gasteiger partial charge is 0.228 e. The van der Waals surface area contributed by atoms with Crippen LogP contribution in [-0.2, 0) is 15.6 Å². The molecule has 0 radical (unpaired) electrons. The Labute approximate surface area is 154 Å². The van der Waals surface area contributed by atoms with Crippen molar-refractivity contribution in [2.24, 2.45) is 17.8 Å². The minimum Gasteiger partial charge on any atom is -0.360 e. The van der Waals surface area contributed by atoms with E-state index in [-0.39, 0.29) is 17.0 Å². The van der Waals surface area contributed by atoms with Crippen molar-refractivity contribution in [1.82, 2.24) is 14.7 Å². The highest BCUT2D eigenvalue weighted by atomic mass is 32.2. The van der Waals surface area contributed by atoms with E-state index in [4.69, 9.17) is 4.52 Å². The standard InChI is InChI=1S/C19H27N3O3S/c1-11-7-17(25-21-11)10-26(23,24)19-20-12(2)13(3)22(19)14(4)18-9-15-5-6-16(18)8-15/h7,14-16,18H,5-6,8-10H2,1-4H3/t14-,15-,16-,18-/m0/s1. The van der Waals surface area contributed by atoms with Crippen molar-refractivity contribution in [2.45, 2.75) is 70.3 Å². The van der Waals surface area contributed by atoms with E-state index < -0.39 is 9.84 Å². The first-order valence-electron chi connectivity index (χ1n) is 9.46. The van der Waals surface area contributed by atoms with Crippen LogP contribution in [0.25, 0.3) is 0 Å². The van der Waals surface area contributed by atoms with Gasteiger partial charge in [0, 0.05) is 17.8 Å². The lowest BCUT2D eigenvalue weighted by Gasteiger charge is -2.30. The van der Waals surface area contributed by atoms with Crippen LogP contribution in [0.3, 0.4) is 0 Å². The number of imidazole rings is 1. The third-order valence-electron chi connectivity index (χ3n) is 6.46. The van der Waals surface area contributed by atoms with Gasteiger partial charge in [0.15, 0.2) is 5.76 Å². The Bertz CT molecular complexity index is 928. The molecule has 2 heterocycles. The first-order chi connectivity index (χ1) is 12.3. The van der Waals surface area contributed by atoms with Crippen LogP contribution in [0.15, 0.2) is 15.7 Å². The summed E-state index contributed by atoms with van der Waals surface area (Å²) in [5, 5.41) is 3.97. The predicted octanol–water partition coefficient (Wildman–Crippen LogP) is 3.77. The molecule has 0 saturated heterocycles. The van der Waals surface area contributed by atoms with Gasteiger partial charge in [0.05, 0.1) is 11.4 Å². The zero-order valence-corrected chi connectivity index (χ0v) is 16.7. The Morgan fingerprint density at radius 1 is 1.27 bits per heavy atom. The van der Waals surface area contributed by atoms with Gasteiger partial charge in [-0.15, -0.1) is 0 Å². The average Bonchev–Trinajstić information content (AvgIpc) is 3.33. The van der Waals surface area contributed by atoms with Crippen LogP contribution in [0, 0.1) is 38.5 Å². The highest BCUT2D eigenvalue weighted by Gasteiger charge is 2.43. The van der Waals surface area contributed by atoms with Crippen LogP contribution in [-0.4, -0.2) is 23.1 Å². The maximum Gasteiger partial charge on any atom is 0.228 e. The van der Waals surface area contributed by atoms with Crippen molar-refractivity contribution < 1.29 is 12.9 Å². The van der Waals surface area contributed by atoms with Gasteiger partial charge in [-0.25, -0.2) is 13.4 Å². The molecule has 142 valence electrons. The fourth-order valence-electron chi connectivity index (χ4n) is 5.11. The molecule has 4 rings (SSSR count). The molecule has 2 aliphatic carbocycles. The topological polar surface area (TPSA) is 78.0 Å². The number of sulfone groups is 1. The van der Waals surface area contributed by atoms with Crippen molar-refractivity contribution in [3.8, 4) is 0 Å². The van der Waals surface area contributed by atoms with E-state index >= 15 is 0 Å². The molecule has 26 heavy (non-hydrogen) atoms. The molecule has 0 spiro atoms. The molecule has 0 N–H and O–H groups in total. The average molecular weight is 378 g/mol. The van der Waals surface area contributed by atoms with E-state index in [1.54, 1.807) is 13.0 Å². The van der Waals surface area contributed by atoms with Crippen LogP contribution < -0.4 is 0 Å². The second-order valence-corrected chi connectivity index (χ2v) is 10.1. The summed E-state index contributed by atoms with van der Waals surface area (Å²) in [6, 6.07) is 1.82. The Hall–Kier alpha value is -1.63. The van der Waals surface area contributed by atoms with Crippen LogP contribution in [0.1, 0.15) is 61.5 Å². The summed E-state index contributed by atoms with van der Waals surface area (Å²) in [6.07, 6.45) is 5.14. The van der Waals surface area contributed by atoms with Gasteiger partial charge in [-0.3, -0.25) is 0 Å².